The van der Waals surface area contributed by atoms with Gasteiger partial charge in [0.1, 0.15) is 6.61 Å². The van der Waals surface area contributed by atoms with Gasteiger partial charge in [0.15, 0.2) is 11.3 Å². The van der Waals surface area contributed by atoms with Crippen LogP contribution in [-0.4, -0.2) is 30.0 Å². The summed E-state index contributed by atoms with van der Waals surface area (Å²) in [5.41, 5.74) is -0.947. The molecule has 0 aromatic heterocycles. The molecule has 0 bridgehead atoms. The molecule has 0 aliphatic carbocycles. The highest BCUT2D eigenvalue weighted by molar-refractivity contribution is 6.09. The predicted molar refractivity (Wildman–Crippen MR) is 75.5 cm³/mol. The molecule has 0 unspecified atom stereocenters. The number of alkyl carbamates (subject to hydrolysis) is 1. The number of benzene rings is 1. The van der Waals surface area contributed by atoms with Gasteiger partial charge in [-0.15, -0.1) is 0 Å². The Bertz CT molecular complexity index is 514. The standard InChI is InChI=1S/C15H19NO5/c1-4-20-13(18)15(3,11(2)17)16-14(19)21-10-12-8-6-5-7-9-12/h5-9H,4,10H2,1-3H3,(H,16,19)/t15-/m1/s1. The number of Topliss-reactive ketones (excluding diaryl/α,β-unsaturated/α-hetero) is 1. The molecule has 6 heteroatoms. The minimum absolute atomic E-state index is 0.0451. The lowest BCUT2D eigenvalue weighted by Gasteiger charge is -2.25. The van der Waals surface area contributed by atoms with E-state index in [2.05, 4.69) is 5.32 Å². The molecule has 21 heavy (non-hydrogen) atoms. The van der Waals surface area contributed by atoms with Gasteiger partial charge in [0.25, 0.3) is 0 Å². The molecule has 6 nitrogen and oxygen atoms in total. The Hall–Kier alpha value is -2.37. The lowest BCUT2D eigenvalue weighted by Crippen LogP contribution is -2.57. The van der Waals surface area contributed by atoms with Crippen LogP contribution in [0.15, 0.2) is 30.3 Å². The number of ether oxygens (including phenoxy) is 2. The SMILES string of the molecule is CCOC(=O)[C@](C)(NC(=O)OCc1ccccc1)C(C)=O. The van der Waals surface area contributed by atoms with Gasteiger partial charge in [0, 0.05) is 0 Å². The average molecular weight is 293 g/mol. The number of hydrogen-bond acceptors (Lipinski definition) is 5. The number of carbonyl (C=O) groups excluding carboxylic acids is 3. The molecule has 0 fully saturated rings. The fourth-order valence-electron chi connectivity index (χ4n) is 1.52. The summed E-state index contributed by atoms with van der Waals surface area (Å²) in [6, 6.07) is 9.06. The van der Waals surface area contributed by atoms with Crippen LogP contribution in [0.1, 0.15) is 26.3 Å². The van der Waals surface area contributed by atoms with Crippen molar-refractivity contribution in [3.8, 4) is 0 Å². The smallest absolute Gasteiger partial charge is 0.408 e. The molecule has 1 aromatic carbocycles. The maximum absolute atomic E-state index is 11.8. The van der Waals surface area contributed by atoms with Crippen LogP contribution in [0, 0.1) is 0 Å². The van der Waals surface area contributed by atoms with E-state index in [1.807, 2.05) is 18.2 Å². The highest BCUT2D eigenvalue weighted by Gasteiger charge is 2.42. The lowest BCUT2D eigenvalue weighted by molar-refractivity contribution is -0.153. The Balaban J connectivity index is 2.65. The number of ketones is 1. The average Bonchev–Trinajstić information content (AvgIpc) is 2.46. The van der Waals surface area contributed by atoms with Gasteiger partial charge in [0.05, 0.1) is 6.61 Å². The molecular weight excluding hydrogens is 274 g/mol. The summed E-state index contributed by atoms with van der Waals surface area (Å²) in [4.78, 5) is 35.2. The minimum atomic E-state index is -1.75. The third kappa shape index (κ3) is 4.59. The number of amides is 1. The molecule has 1 aromatic rings. The van der Waals surface area contributed by atoms with Crippen LogP contribution >= 0.6 is 0 Å². The maximum atomic E-state index is 11.8. The van der Waals surface area contributed by atoms with E-state index in [1.54, 1.807) is 19.1 Å². The fourth-order valence-corrected chi connectivity index (χ4v) is 1.52. The van der Waals surface area contributed by atoms with Crippen molar-refractivity contribution in [3.63, 3.8) is 0 Å². The third-order valence-corrected chi connectivity index (χ3v) is 2.95. The fraction of sp³-hybridized carbons (Fsp3) is 0.400. The molecule has 0 radical (unpaired) electrons. The molecule has 0 saturated carbocycles. The lowest BCUT2D eigenvalue weighted by atomic mass is 9.98. The van der Waals surface area contributed by atoms with Gasteiger partial charge in [-0.1, -0.05) is 30.3 Å². The van der Waals surface area contributed by atoms with E-state index in [0.717, 1.165) is 5.56 Å². The Labute approximate surface area is 123 Å². The molecule has 0 aliphatic rings. The summed E-state index contributed by atoms with van der Waals surface area (Å²) in [6.07, 6.45) is -0.857. The molecule has 1 amide bonds. The van der Waals surface area contributed by atoms with Crippen LogP contribution in [0.2, 0.25) is 0 Å². The summed E-state index contributed by atoms with van der Waals surface area (Å²) in [5, 5.41) is 2.26. The van der Waals surface area contributed by atoms with Crippen molar-refractivity contribution in [2.45, 2.75) is 32.9 Å². The molecule has 0 aliphatic heterocycles. The van der Waals surface area contributed by atoms with Crippen LogP contribution in [0.3, 0.4) is 0 Å². The topological polar surface area (TPSA) is 81.7 Å². The first-order valence-electron chi connectivity index (χ1n) is 6.57. The maximum Gasteiger partial charge on any atom is 0.408 e. The van der Waals surface area contributed by atoms with Crippen LogP contribution in [0.25, 0.3) is 0 Å². The molecule has 0 heterocycles. The van der Waals surface area contributed by atoms with Crippen LogP contribution in [-0.2, 0) is 25.7 Å². The number of hydrogen-bond donors (Lipinski definition) is 1. The van der Waals surface area contributed by atoms with Gasteiger partial charge in [-0.25, -0.2) is 9.59 Å². The van der Waals surface area contributed by atoms with Gasteiger partial charge in [-0.2, -0.15) is 0 Å². The summed E-state index contributed by atoms with van der Waals surface area (Å²) in [7, 11) is 0. The largest absolute Gasteiger partial charge is 0.464 e. The second-order valence-electron chi connectivity index (χ2n) is 4.59. The number of esters is 1. The Morgan fingerprint density at radius 3 is 2.29 bits per heavy atom. The molecule has 114 valence electrons. The van der Waals surface area contributed by atoms with E-state index in [4.69, 9.17) is 9.47 Å². The summed E-state index contributed by atoms with van der Waals surface area (Å²) in [6.45, 7) is 4.27. The van der Waals surface area contributed by atoms with Crippen molar-refractivity contribution < 1.29 is 23.9 Å². The Morgan fingerprint density at radius 2 is 1.76 bits per heavy atom. The van der Waals surface area contributed by atoms with E-state index < -0.39 is 23.4 Å². The quantitative estimate of drug-likeness (QED) is 0.639. The van der Waals surface area contributed by atoms with Gasteiger partial charge in [0.2, 0.25) is 0 Å². The van der Waals surface area contributed by atoms with E-state index >= 15 is 0 Å². The molecule has 1 N–H and O–H groups in total. The van der Waals surface area contributed by atoms with Gasteiger partial charge in [-0.05, 0) is 26.3 Å². The third-order valence-electron chi connectivity index (χ3n) is 2.95. The first-order valence-corrected chi connectivity index (χ1v) is 6.57. The zero-order valence-electron chi connectivity index (χ0n) is 12.3. The summed E-state index contributed by atoms with van der Waals surface area (Å²) < 4.78 is 9.79. The van der Waals surface area contributed by atoms with Crippen molar-refractivity contribution in [2.24, 2.45) is 0 Å². The number of nitrogens with one attached hydrogen (secondary N) is 1. The van der Waals surface area contributed by atoms with Crippen LogP contribution in [0.5, 0.6) is 0 Å². The summed E-state index contributed by atoms with van der Waals surface area (Å²) >= 11 is 0. The molecule has 1 atom stereocenters. The van der Waals surface area contributed by atoms with Crippen molar-refractivity contribution in [2.75, 3.05) is 6.61 Å². The van der Waals surface area contributed by atoms with Crippen LogP contribution in [0.4, 0.5) is 4.79 Å². The highest BCUT2D eigenvalue weighted by Crippen LogP contribution is 2.10. The van der Waals surface area contributed by atoms with Crippen molar-refractivity contribution in [1.29, 1.82) is 0 Å². The van der Waals surface area contributed by atoms with E-state index in [-0.39, 0.29) is 13.2 Å². The van der Waals surface area contributed by atoms with E-state index in [9.17, 15) is 14.4 Å². The molecule has 0 spiro atoms. The normalized spacial score (nSPS) is 12.9. The predicted octanol–water partition coefficient (Wildman–Crippen LogP) is 1.82. The van der Waals surface area contributed by atoms with E-state index in [0.29, 0.717) is 0 Å². The Kier molecular flexibility index (Phi) is 5.90. The zero-order valence-corrected chi connectivity index (χ0v) is 12.3. The zero-order chi connectivity index (χ0) is 15.9. The Morgan fingerprint density at radius 1 is 1.14 bits per heavy atom. The minimum Gasteiger partial charge on any atom is -0.464 e. The molecule has 1 rings (SSSR count). The van der Waals surface area contributed by atoms with Crippen LogP contribution < -0.4 is 5.32 Å². The second-order valence-corrected chi connectivity index (χ2v) is 4.59. The summed E-state index contributed by atoms with van der Waals surface area (Å²) in [5.74, 6) is -1.34. The number of rotatable bonds is 6. The van der Waals surface area contributed by atoms with Crippen molar-refractivity contribution >= 4 is 17.8 Å². The van der Waals surface area contributed by atoms with E-state index in [1.165, 1.54) is 13.8 Å². The van der Waals surface area contributed by atoms with Gasteiger partial charge in [-0.3, -0.25) is 10.1 Å². The monoisotopic (exact) mass is 293 g/mol. The molecule has 0 saturated heterocycles. The first kappa shape index (κ1) is 16.7. The first-order chi connectivity index (χ1) is 9.90. The number of carbonyl (C=O) groups is 3. The van der Waals surface area contributed by atoms with Crippen molar-refractivity contribution in [3.05, 3.63) is 35.9 Å². The van der Waals surface area contributed by atoms with Crippen molar-refractivity contribution in [1.82, 2.24) is 5.32 Å². The highest BCUT2D eigenvalue weighted by atomic mass is 16.6. The molecular formula is C15H19NO5. The van der Waals surface area contributed by atoms with Gasteiger partial charge < -0.3 is 9.47 Å². The second kappa shape index (κ2) is 7.42. The van der Waals surface area contributed by atoms with Gasteiger partial charge >= 0.3 is 12.1 Å².